The summed E-state index contributed by atoms with van der Waals surface area (Å²) in [5.74, 6) is 0.357. The second-order valence-electron chi connectivity index (χ2n) is 6.05. The Kier molecular flexibility index (Phi) is 4.53. The van der Waals surface area contributed by atoms with Crippen LogP contribution in [0.25, 0.3) is 0 Å². The summed E-state index contributed by atoms with van der Waals surface area (Å²) in [7, 11) is 0. The van der Waals surface area contributed by atoms with Gasteiger partial charge in [-0.3, -0.25) is 0 Å². The van der Waals surface area contributed by atoms with Crippen molar-refractivity contribution in [3.8, 4) is 0 Å². The topological polar surface area (TPSA) is 75.3 Å². The molecular formula is C16H24N2O2. The van der Waals surface area contributed by atoms with Crippen molar-refractivity contribution in [2.24, 2.45) is 11.8 Å². The zero-order chi connectivity index (χ0) is 14.7. The van der Waals surface area contributed by atoms with E-state index >= 15 is 0 Å². The maximum absolute atomic E-state index is 10.9. The Balaban J connectivity index is 2.14. The van der Waals surface area contributed by atoms with Crippen LogP contribution >= 0.6 is 0 Å². The molecule has 0 aromatic heterocycles. The molecule has 4 heteroatoms. The van der Waals surface area contributed by atoms with Gasteiger partial charge in [-0.15, -0.1) is 0 Å². The van der Waals surface area contributed by atoms with Gasteiger partial charge in [-0.2, -0.15) is 0 Å². The van der Waals surface area contributed by atoms with Crippen LogP contribution in [0.3, 0.4) is 0 Å². The van der Waals surface area contributed by atoms with Gasteiger partial charge in [0.1, 0.15) is 0 Å². The highest BCUT2D eigenvalue weighted by Crippen LogP contribution is 2.33. The molecule has 1 aromatic rings. The fourth-order valence-corrected chi connectivity index (χ4v) is 3.16. The van der Waals surface area contributed by atoms with Crippen LogP contribution in [0.15, 0.2) is 18.2 Å². The maximum atomic E-state index is 10.9. The zero-order valence-electron chi connectivity index (χ0n) is 12.2. The molecule has 4 N–H and O–H groups in total. The number of hydrogen-bond acceptors (Lipinski definition) is 3. The summed E-state index contributed by atoms with van der Waals surface area (Å²) in [6.45, 7) is 4.53. The van der Waals surface area contributed by atoms with Crippen LogP contribution < -0.4 is 11.1 Å². The van der Waals surface area contributed by atoms with E-state index < -0.39 is 5.97 Å². The first-order chi connectivity index (χ1) is 9.49. The lowest BCUT2D eigenvalue weighted by Gasteiger charge is -2.35. The molecule has 1 aliphatic rings. The van der Waals surface area contributed by atoms with Crippen molar-refractivity contribution in [1.82, 2.24) is 0 Å². The summed E-state index contributed by atoms with van der Waals surface area (Å²) in [4.78, 5) is 10.9. The first kappa shape index (κ1) is 14.7. The summed E-state index contributed by atoms with van der Waals surface area (Å²) < 4.78 is 0. The second-order valence-corrected chi connectivity index (χ2v) is 6.05. The predicted octanol–water partition coefficient (Wildman–Crippen LogP) is 3.59. The van der Waals surface area contributed by atoms with Crippen molar-refractivity contribution in [3.63, 3.8) is 0 Å². The lowest BCUT2D eigenvalue weighted by atomic mass is 9.77. The number of nitrogen functional groups attached to an aromatic ring is 1. The number of hydrogen-bond donors (Lipinski definition) is 3. The number of rotatable bonds is 4. The van der Waals surface area contributed by atoms with Crippen molar-refractivity contribution in [1.29, 1.82) is 0 Å². The Morgan fingerprint density at radius 2 is 2.05 bits per heavy atom. The highest BCUT2D eigenvalue weighted by Gasteiger charge is 2.27. The molecule has 1 saturated carbocycles. The number of carboxylic acid groups (broad SMARTS) is 1. The van der Waals surface area contributed by atoms with E-state index in [0.717, 1.165) is 12.1 Å². The van der Waals surface area contributed by atoms with Crippen molar-refractivity contribution in [2.75, 3.05) is 11.1 Å². The summed E-state index contributed by atoms with van der Waals surface area (Å²) >= 11 is 0. The molecule has 0 saturated heterocycles. The number of anilines is 2. The van der Waals surface area contributed by atoms with Crippen LogP contribution in [-0.4, -0.2) is 17.1 Å². The van der Waals surface area contributed by atoms with Gasteiger partial charge in [0.2, 0.25) is 0 Å². The Bertz CT molecular complexity index is 485. The van der Waals surface area contributed by atoms with E-state index in [2.05, 4.69) is 19.2 Å². The summed E-state index contributed by atoms with van der Waals surface area (Å²) in [6, 6.07) is 5.35. The van der Waals surface area contributed by atoms with Gasteiger partial charge in [0, 0.05) is 6.04 Å². The van der Waals surface area contributed by atoms with E-state index in [1.165, 1.54) is 25.3 Å². The third-order valence-electron chi connectivity index (χ3n) is 4.32. The minimum Gasteiger partial charge on any atom is -0.478 e. The van der Waals surface area contributed by atoms with Crippen molar-refractivity contribution in [3.05, 3.63) is 23.8 Å². The molecule has 2 rings (SSSR count). The Morgan fingerprint density at radius 1 is 1.35 bits per heavy atom. The second kappa shape index (κ2) is 6.16. The first-order valence-corrected chi connectivity index (χ1v) is 7.38. The lowest BCUT2D eigenvalue weighted by Crippen LogP contribution is -2.35. The molecule has 0 amide bonds. The van der Waals surface area contributed by atoms with Crippen LogP contribution in [0.5, 0.6) is 0 Å². The Labute approximate surface area is 120 Å². The third-order valence-corrected chi connectivity index (χ3v) is 4.32. The van der Waals surface area contributed by atoms with Gasteiger partial charge in [-0.05, 0) is 42.9 Å². The van der Waals surface area contributed by atoms with E-state index in [9.17, 15) is 4.79 Å². The van der Waals surface area contributed by atoms with Gasteiger partial charge < -0.3 is 16.2 Å². The van der Waals surface area contributed by atoms with E-state index in [-0.39, 0.29) is 5.56 Å². The van der Waals surface area contributed by atoms with Crippen LogP contribution in [0.1, 0.15) is 49.9 Å². The van der Waals surface area contributed by atoms with Crippen molar-refractivity contribution in [2.45, 2.75) is 45.6 Å². The molecule has 20 heavy (non-hydrogen) atoms. The number of carboxylic acids is 1. The molecule has 0 heterocycles. The predicted molar refractivity (Wildman–Crippen MR) is 82.0 cm³/mol. The molecule has 2 unspecified atom stereocenters. The van der Waals surface area contributed by atoms with E-state index in [0.29, 0.717) is 23.6 Å². The maximum Gasteiger partial charge on any atom is 0.335 e. The van der Waals surface area contributed by atoms with Gasteiger partial charge >= 0.3 is 5.97 Å². The average Bonchev–Trinajstić information content (AvgIpc) is 2.41. The summed E-state index contributed by atoms with van der Waals surface area (Å²) in [6.07, 6.45) is 4.95. The molecule has 1 aromatic carbocycles. The quantitative estimate of drug-likeness (QED) is 0.734. The molecule has 0 spiro atoms. The van der Waals surface area contributed by atoms with E-state index in [1.807, 2.05) is 0 Å². The van der Waals surface area contributed by atoms with Gasteiger partial charge in [0.15, 0.2) is 0 Å². The number of carbonyl (C=O) groups is 1. The van der Waals surface area contributed by atoms with Crippen molar-refractivity contribution >= 4 is 17.3 Å². The van der Waals surface area contributed by atoms with Crippen molar-refractivity contribution < 1.29 is 9.90 Å². The number of nitrogens with one attached hydrogen (secondary N) is 1. The molecule has 0 bridgehead atoms. The number of nitrogens with two attached hydrogens (primary N) is 1. The third kappa shape index (κ3) is 3.24. The Hall–Kier alpha value is -1.71. The molecular weight excluding hydrogens is 252 g/mol. The molecule has 110 valence electrons. The molecule has 2 atom stereocenters. The zero-order valence-corrected chi connectivity index (χ0v) is 12.2. The van der Waals surface area contributed by atoms with Gasteiger partial charge in [0.25, 0.3) is 0 Å². The van der Waals surface area contributed by atoms with Gasteiger partial charge in [-0.1, -0.05) is 26.7 Å². The average molecular weight is 276 g/mol. The lowest BCUT2D eigenvalue weighted by molar-refractivity contribution is 0.0697. The van der Waals surface area contributed by atoms with E-state index in [4.69, 9.17) is 10.8 Å². The standard InChI is InChI=1S/C16H24N2O2/c1-10(2)12-5-3-4-6-14(12)18-15-8-7-11(16(19)20)9-13(15)17/h7-10,12,14,18H,3-6,17H2,1-2H3,(H,19,20). The molecule has 4 nitrogen and oxygen atoms in total. The van der Waals surface area contributed by atoms with Crippen LogP contribution in [-0.2, 0) is 0 Å². The van der Waals surface area contributed by atoms with E-state index in [1.54, 1.807) is 12.1 Å². The monoisotopic (exact) mass is 276 g/mol. The van der Waals surface area contributed by atoms with Crippen LogP contribution in [0, 0.1) is 11.8 Å². The molecule has 1 aliphatic carbocycles. The SMILES string of the molecule is CC(C)C1CCCCC1Nc1ccc(C(=O)O)cc1N. The largest absolute Gasteiger partial charge is 0.478 e. The molecule has 0 aliphatic heterocycles. The normalized spacial score (nSPS) is 22.8. The molecule has 1 fully saturated rings. The fraction of sp³-hybridized carbons (Fsp3) is 0.562. The minimum atomic E-state index is -0.944. The van der Waals surface area contributed by atoms with Crippen LogP contribution in [0.4, 0.5) is 11.4 Å². The molecule has 0 radical (unpaired) electrons. The smallest absolute Gasteiger partial charge is 0.335 e. The Morgan fingerprint density at radius 3 is 2.65 bits per heavy atom. The highest BCUT2D eigenvalue weighted by atomic mass is 16.4. The van der Waals surface area contributed by atoms with Gasteiger partial charge in [0.05, 0.1) is 16.9 Å². The summed E-state index contributed by atoms with van der Waals surface area (Å²) in [5, 5.41) is 12.5. The summed E-state index contributed by atoms with van der Waals surface area (Å²) in [5.41, 5.74) is 7.57. The van der Waals surface area contributed by atoms with Gasteiger partial charge in [-0.25, -0.2) is 4.79 Å². The first-order valence-electron chi connectivity index (χ1n) is 7.38. The number of aromatic carboxylic acids is 1. The van der Waals surface area contributed by atoms with Crippen LogP contribution in [0.2, 0.25) is 0 Å². The minimum absolute atomic E-state index is 0.233. The number of benzene rings is 1. The highest BCUT2D eigenvalue weighted by molar-refractivity contribution is 5.90. The fourth-order valence-electron chi connectivity index (χ4n) is 3.16.